The summed E-state index contributed by atoms with van der Waals surface area (Å²) in [5.41, 5.74) is 5.47. The van der Waals surface area contributed by atoms with Crippen LogP contribution in [0.15, 0.2) is 18.2 Å². The van der Waals surface area contributed by atoms with Gasteiger partial charge in [0.2, 0.25) is 0 Å². The maximum Gasteiger partial charge on any atom is 0.130 e. The molecule has 0 spiro atoms. The SMILES string of the molecule is NCCCSCc1c(F)cccc1F. The Bertz CT molecular complexity index is 271. The summed E-state index contributed by atoms with van der Waals surface area (Å²) >= 11 is 1.50. The zero-order valence-electron chi connectivity index (χ0n) is 7.80. The van der Waals surface area contributed by atoms with E-state index in [1.807, 2.05) is 0 Å². The van der Waals surface area contributed by atoms with Crippen LogP contribution in [0.1, 0.15) is 12.0 Å². The van der Waals surface area contributed by atoms with E-state index in [0.717, 1.165) is 12.2 Å². The molecule has 1 aromatic rings. The largest absolute Gasteiger partial charge is 0.330 e. The summed E-state index contributed by atoms with van der Waals surface area (Å²) in [6.07, 6.45) is 0.876. The molecule has 0 aliphatic heterocycles. The van der Waals surface area contributed by atoms with Crippen molar-refractivity contribution in [2.24, 2.45) is 5.73 Å². The second-order valence-corrected chi connectivity index (χ2v) is 4.00. The fourth-order valence-corrected chi connectivity index (χ4v) is 2.02. The first-order valence-electron chi connectivity index (χ1n) is 4.46. The molecule has 0 saturated heterocycles. The Hall–Kier alpha value is -0.610. The van der Waals surface area contributed by atoms with Crippen molar-refractivity contribution in [2.75, 3.05) is 12.3 Å². The van der Waals surface area contributed by atoms with Gasteiger partial charge in [0.25, 0.3) is 0 Å². The van der Waals surface area contributed by atoms with Gasteiger partial charge in [-0.2, -0.15) is 11.8 Å². The predicted molar refractivity (Wildman–Crippen MR) is 56.2 cm³/mol. The molecule has 0 atom stereocenters. The number of hydrogen-bond acceptors (Lipinski definition) is 2. The molecule has 78 valence electrons. The standard InChI is InChI=1S/C10H13F2NS/c11-9-3-1-4-10(12)8(9)7-14-6-2-5-13/h1,3-4H,2,5-7,13H2. The van der Waals surface area contributed by atoms with E-state index in [1.54, 1.807) is 0 Å². The Balaban J connectivity index is 2.49. The lowest BCUT2D eigenvalue weighted by molar-refractivity contribution is 0.566. The Labute approximate surface area is 86.7 Å². The Morgan fingerprint density at radius 1 is 1.21 bits per heavy atom. The third-order valence-corrected chi connectivity index (χ3v) is 2.87. The van der Waals surface area contributed by atoms with Crippen LogP contribution in [0.5, 0.6) is 0 Å². The minimum atomic E-state index is -0.467. The molecule has 0 aliphatic carbocycles. The molecule has 0 heterocycles. The molecule has 1 nitrogen and oxygen atoms in total. The zero-order chi connectivity index (χ0) is 10.4. The van der Waals surface area contributed by atoms with E-state index < -0.39 is 11.6 Å². The normalized spacial score (nSPS) is 10.5. The van der Waals surface area contributed by atoms with E-state index in [0.29, 0.717) is 12.3 Å². The predicted octanol–water partition coefficient (Wildman–Crippen LogP) is 2.55. The second-order valence-electron chi connectivity index (χ2n) is 2.90. The summed E-state index contributed by atoms with van der Waals surface area (Å²) in [6.45, 7) is 0.618. The van der Waals surface area contributed by atoms with E-state index in [-0.39, 0.29) is 5.56 Å². The molecule has 0 aliphatic rings. The van der Waals surface area contributed by atoms with Crippen LogP contribution in [0.2, 0.25) is 0 Å². The van der Waals surface area contributed by atoms with Gasteiger partial charge in [0.15, 0.2) is 0 Å². The molecule has 4 heteroatoms. The van der Waals surface area contributed by atoms with Gasteiger partial charge in [-0.05, 0) is 30.9 Å². The maximum absolute atomic E-state index is 13.1. The van der Waals surface area contributed by atoms with Crippen LogP contribution in [0.3, 0.4) is 0 Å². The van der Waals surface area contributed by atoms with Gasteiger partial charge in [-0.1, -0.05) is 6.07 Å². The van der Waals surface area contributed by atoms with Gasteiger partial charge in [-0.3, -0.25) is 0 Å². The minimum Gasteiger partial charge on any atom is -0.330 e. The number of benzene rings is 1. The maximum atomic E-state index is 13.1. The lowest BCUT2D eigenvalue weighted by atomic mass is 10.2. The minimum absolute atomic E-state index is 0.162. The molecule has 0 fully saturated rings. The number of halogens is 2. The molecule has 0 radical (unpaired) electrons. The number of hydrogen-bond donors (Lipinski definition) is 1. The van der Waals surface area contributed by atoms with Crippen molar-refractivity contribution < 1.29 is 8.78 Å². The van der Waals surface area contributed by atoms with Crippen molar-refractivity contribution in [3.8, 4) is 0 Å². The summed E-state index contributed by atoms with van der Waals surface area (Å²) in [4.78, 5) is 0. The van der Waals surface area contributed by atoms with Crippen molar-refractivity contribution in [3.63, 3.8) is 0 Å². The van der Waals surface area contributed by atoms with Crippen LogP contribution in [0, 0.1) is 11.6 Å². The molecule has 0 aromatic heterocycles. The summed E-state index contributed by atoms with van der Waals surface area (Å²) in [5, 5.41) is 0. The summed E-state index contributed by atoms with van der Waals surface area (Å²) in [6, 6.07) is 3.93. The lowest BCUT2D eigenvalue weighted by Crippen LogP contribution is -2.00. The molecular weight excluding hydrogens is 204 g/mol. The topological polar surface area (TPSA) is 26.0 Å². The first-order valence-corrected chi connectivity index (χ1v) is 5.62. The van der Waals surface area contributed by atoms with Crippen molar-refractivity contribution in [2.45, 2.75) is 12.2 Å². The monoisotopic (exact) mass is 217 g/mol. The molecule has 1 rings (SSSR count). The molecule has 14 heavy (non-hydrogen) atoms. The van der Waals surface area contributed by atoms with Crippen molar-refractivity contribution in [1.82, 2.24) is 0 Å². The highest BCUT2D eigenvalue weighted by Crippen LogP contribution is 2.19. The molecule has 2 N–H and O–H groups in total. The first-order chi connectivity index (χ1) is 6.75. The van der Waals surface area contributed by atoms with Crippen LogP contribution in [-0.2, 0) is 5.75 Å². The van der Waals surface area contributed by atoms with E-state index in [1.165, 1.54) is 30.0 Å². The second kappa shape index (κ2) is 5.98. The molecule has 0 bridgehead atoms. The molecule has 0 unspecified atom stereocenters. The van der Waals surface area contributed by atoms with Crippen molar-refractivity contribution in [1.29, 1.82) is 0 Å². The van der Waals surface area contributed by atoms with Gasteiger partial charge in [-0.15, -0.1) is 0 Å². The highest BCUT2D eigenvalue weighted by atomic mass is 32.2. The fourth-order valence-electron chi connectivity index (χ4n) is 1.03. The zero-order valence-corrected chi connectivity index (χ0v) is 8.62. The summed E-state index contributed by atoms with van der Waals surface area (Å²) < 4.78 is 26.2. The van der Waals surface area contributed by atoms with E-state index in [4.69, 9.17) is 5.73 Å². The molecule has 1 aromatic carbocycles. The number of thioether (sulfide) groups is 1. The fraction of sp³-hybridized carbons (Fsp3) is 0.400. The average Bonchev–Trinajstić information content (AvgIpc) is 2.16. The first kappa shape index (κ1) is 11.5. The third kappa shape index (κ3) is 3.27. The van der Waals surface area contributed by atoms with Gasteiger partial charge in [-0.25, -0.2) is 8.78 Å². The Kier molecular flexibility index (Phi) is 4.90. The average molecular weight is 217 g/mol. The molecular formula is C10H13F2NS. The van der Waals surface area contributed by atoms with Crippen LogP contribution >= 0.6 is 11.8 Å². The lowest BCUT2D eigenvalue weighted by Gasteiger charge is -2.03. The quantitative estimate of drug-likeness (QED) is 0.767. The van der Waals surface area contributed by atoms with Crippen molar-refractivity contribution >= 4 is 11.8 Å². The highest BCUT2D eigenvalue weighted by molar-refractivity contribution is 7.98. The van der Waals surface area contributed by atoms with Crippen molar-refractivity contribution in [3.05, 3.63) is 35.4 Å². The summed E-state index contributed by atoms with van der Waals surface area (Å²) in [5.74, 6) is 0.276. The van der Waals surface area contributed by atoms with Crippen LogP contribution < -0.4 is 5.73 Å². The Morgan fingerprint density at radius 2 is 1.86 bits per heavy atom. The van der Waals surface area contributed by atoms with Gasteiger partial charge in [0.05, 0.1) is 0 Å². The Morgan fingerprint density at radius 3 is 2.43 bits per heavy atom. The third-order valence-electron chi connectivity index (χ3n) is 1.80. The van der Waals surface area contributed by atoms with Gasteiger partial charge >= 0.3 is 0 Å². The van der Waals surface area contributed by atoms with E-state index >= 15 is 0 Å². The summed E-state index contributed by atoms with van der Waals surface area (Å²) in [7, 11) is 0. The van der Waals surface area contributed by atoms with E-state index in [9.17, 15) is 8.78 Å². The molecule has 0 saturated carbocycles. The van der Waals surface area contributed by atoms with Crippen LogP contribution in [-0.4, -0.2) is 12.3 Å². The van der Waals surface area contributed by atoms with Gasteiger partial charge in [0, 0.05) is 11.3 Å². The highest BCUT2D eigenvalue weighted by Gasteiger charge is 2.07. The number of rotatable bonds is 5. The van der Waals surface area contributed by atoms with E-state index in [2.05, 4.69) is 0 Å². The van der Waals surface area contributed by atoms with Crippen LogP contribution in [0.25, 0.3) is 0 Å². The molecule has 0 amide bonds. The van der Waals surface area contributed by atoms with Crippen LogP contribution in [0.4, 0.5) is 8.78 Å². The number of nitrogens with two attached hydrogens (primary N) is 1. The smallest absolute Gasteiger partial charge is 0.130 e. The van der Waals surface area contributed by atoms with Gasteiger partial charge < -0.3 is 5.73 Å². The van der Waals surface area contributed by atoms with Gasteiger partial charge in [0.1, 0.15) is 11.6 Å².